The van der Waals surface area contributed by atoms with Crippen LogP contribution in [-0.2, 0) is 0 Å². The second-order valence-electron chi connectivity index (χ2n) is 4.70. The Balaban J connectivity index is 2.11. The van der Waals surface area contributed by atoms with Crippen molar-refractivity contribution in [1.82, 2.24) is 15.0 Å². The topological polar surface area (TPSA) is 53.6 Å². The molecular weight excluding hydrogens is 236 g/mol. The highest BCUT2D eigenvalue weighted by Gasteiger charge is 2.07. The van der Waals surface area contributed by atoms with E-state index in [1.54, 1.807) is 0 Å². The van der Waals surface area contributed by atoms with Gasteiger partial charge in [0.2, 0.25) is 0 Å². The SMILES string of the molecule is CNc1ccc2[nH]c(-c3ccc(C)c(C)c3)nc2n1. The lowest BCUT2D eigenvalue weighted by atomic mass is 10.1. The number of imidazole rings is 1. The summed E-state index contributed by atoms with van der Waals surface area (Å²) < 4.78 is 0. The molecule has 2 heterocycles. The fourth-order valence-corrected chi connectivity index (χ4v) is 2.06. The molecule has 4 heteroatoms. The Kier molecular flexibility index (Phi) is 2.71. The van der Waals surface area contributed by atoms with Crippen LogP contribution in [0.25, 0.3) is 22.6 Å². The summed E-state index contributed by atoms with van der Waals surface area (Å²) in [4.78, 5) is 12.3. The number of H-pyrrole nitrogens is 1. The second-order valence-corrected chi connectivity index (χ2v) is 4.70. The molecule has 0 unspecified atom stereocenters. The number of benzene rings is 1. The Morgan fingerprint density at radius 1 is 1.00 bits per heavy atom. The first-order valence-corrected chi connectivity index (χ1v) is 6.29. The van der Waals surface area contributed by atoms with E-state index >= 15 is 0 Å². The first kappa shape index (κ1) is 11.7. The van der Waals surface area contributed by atoms with Crippen molar-refractivity contribution in [2.24, 2.45) is 0 Å². The van der Waals surface area contributed by atoms with Gasteiger partial charge in [0.05, 0.1) is 5.52 Å². The van der Waals surface area contributed by atoms with Crippen molar-refractivity contribution in [3.05, 3.63) is 41.5 Å². The number of pyridine rings is 1. The molecule has 0 aliphatic heterocycles. The van der Waals surface area contributed by atoms with Crippen LogP contribution in [0.1, 0.15) is 11.1 Å². The van der Waals surface area contributed by atoms with Gasteiger partial charge in [0, 0.05) is 12.6 Å². The Hall–Kier alpha value is -2.36. The van der Waals surface area contributed by atoms with Crippen LogP contribution in [0.4, 0.5) is 5.82 Å². The lowest BCUT2D eigenvalue weighted by molar-refractivity contribution is 1.27. The first-order valence-electron chi connectivity index (χ1n) is 6.29. The number of aromatic nitrogens is 3. The summed E-state index contributed by atoms with van der Waals surface area (Å²) in [5.74, 6) is 1.68. The molecule has 0 aliphatic rings. The molecule has 1 aromatic carbocycles. The molecule has 3 rings (SSSR count). The molecule has 0 bridgehead atoms. The minimum absolute atomic E-state index is 0.736. The van der Waals surface area contributed by atoms with Crippen LogP contribution in [0.5, 0.6) is 0 Å². The zero-order valence-electron chi connectivity index (χ0n) is 11.3. The highest BCUT2D eigenvalue weighted by Crippen LogP contribution is 2.22. The summed E-state index contributed by atoms with van der Waals surface area (Å²) in [7, 11) is 1.85. The molecule has 19 heavy (non-hydrogen) atoms. The van der Waals surface area contributed by atoms with Crippen molar-refractivity contribution < 1.29 is 0 Å². The average Bonchev–Trinajstić information content (AvgIpc) is 2.84. The molecule has 0 atom stereocenters. The molecule has 96 valence electrons. The number of nitrogens with one attached hydrogen (secondary N) is 2. The van der Waals surface area contributed by atoms with E-state index in [-0.39, 0.29) is 0 Å². The second kappa shape index (κ2) is 4.39. The van der Waals surface area contributed by atoms with Crippen LogP contribution >= 0.6 is 0 Å². The summed E-state index contributed by atoms with van der Waals surface area (Å²) in [5.41, 5.74) is 5.33. The minimum atomic E-state index is 0.736. The minimum Gasteiger partial charge on any atom is -0.373 e. The molecule has 0 radical (unpaired) electrons. The van der Waals surface area contributed by atoms with Gasteiger partial charge in [0.1, 0.15) is 11.6 Å². The monoisotopic (exact) mass is 252 g/mol. The number of fused-ring (bicyclic) bond motifs is 1. The summed E-state index contributed by atoms with van der Waals surface area (Å²) in [6.45, 7) is 4.22. The fraction of sp³-hybridized carbons (Fsp3) is 0.200. The average molecular weight is 252 g/mol. The Morgan fingerprint density at radius 2 is 1.84 bits per heavy atom. The van der Waals surface area contributed by atoms with Gasteiger partial charge < -0.3 is 10.3 Å². The zero-order chi connectivity index (χ0) is 13.4. The van der Waals surface area contributed by atoms with Gasteiger partial charge in [-0.25, -0.2) is 9.97 Å². The summed E-state index contributed by atoms with van der Waals surface area (Å²) >= 11 is 0. The maximum atomic E-state index is 4.56. The van der Waals surface area contributed by atoms with Crippen LogP contribution in [0, 0.1) is 13.8 Å². The standard InChI is InChI=1S/C15H16N4/c1-9-4-5-11(8-10(9)2)14-17-12-6-7-13(16-3)18-15(12)19-14/h4-8H,1-3H3,(H2,16,17,18,19). The van der Waals surface area contributed by atoms with Gasteiger partial charge >= 0.3 is 0 Å². The molecule has 0 saturated carbocycles. The number of hydrogen-bond acceptors (Lipinski definition) is 3. The van der Waals surface area contributed by atoms with E-state index in [0.717, 1.165) is 28.4 Å². The number of rotatable bonds is 2. The molecule has 4 nitrogen and oxygen atoms in total. The molecular formula is C15H16N4. The van der Waals surface area contributed by atoms with E-state index in [1.165, 1.54) is 11.1 Å². The summed E-state index contributed by atoms with van der Waals surface area (Å²) in [5, 5.41) is 3.02. The highest BCUT2D eigenvalue weighted by molar-refractivity contribution is 5.77. The highest BCUT2D eigenvalue weighted by atomic mass is 15.0. The third-order valence-electron chi connectivity index (χ3n) is 3.38. The maximum absolute atomic E-state index is 4.56. The number of aryl methyl sites for hydroxylation is 2. The zero-order valence-corrected chi connectivity index (χ0v) is 11.3. The van der Waals surface area contributed by atoms with Crippen molar-refractivity contribution in [1.29, 1.82) is 0 Å². The van der Waals surface area contributed by atoms with Crippen LogP contribution in [0.2, 0.25) is 0 Å². The van der Waals surface area contributed by atoms with E-state index in [9.17, 15) is 0 Å². The molecule has 0 fully saturated rings. The number of aromatic amines is 1. The largest absolute Gasteiger partial charge is 0.373 e. The predicted molar refractivity (Wildman–Crippen MR) is 78.3 cm³/mol. The van der Waals surface area contributed by atoms with Crippen molar-refractivity contribution in [3.63, 3.8) is 0 Å². The molecule has 0 spiro atoms. The Labute approximate surface area is 111 Å². The normalized spacial score (nSPS) is 10.9. The van der Waals surface area contributed by atoms with Gasteiger partial charge in [0.15, 0.2) is 5.65 Å². The van der Waals surface area contributed by atoms with Crippen LogP contribution < -0.4 is 5.32 Å². The summed E-state index contributed by atoms with van der Waals surface area (Å²) in [6.07, 6.45) is 0. The van der Waals surface area contributed by atoms with E-state index in [0.29, 0.717) is 0 Å². The maximum Gasteiger partial charge on any atom is 0.180 e. The van der Waals surface area contributed by atoms with Gasteiger partial charge in [-0.2, -0.15) is 0 Å². The van der Waals surface area contributed by atoms with Crippen LogP contribution in [-0.4, -0.2) is 22.0 Å². The molecule has 2 aromatic heterocycles. The van der Waals surface area contributed by atoms with Gasteiger partial charge in [0.25, 0.3) is 0 Å². The first-order chi connectivity index (χ1) is 9.17. The van der Waals surface area contributed by atoms with Crippen LogP contribution in [0.15, 0.2) is 30.3 Å². The van der Waals surface area contributed by atoms with Crippen molar-refractivity contribution >= 4 is 17.0 Å². The van der Waals surface area contributed by atoms with E-state index in [4.69, 9.17) is 0 Å². The molecule has 0 aliphatic carbocycles. The number of anilines is 1. The van der Waals surface area contributed by atoms with Gasteiger partial charge in [-0.05, 0) is 43.2 Å². The Bertz CT molecular complexity index is 743. The fourth-order valence-electron chi connectivity index (χ4n) is 2.06. The molecule has 0 saturated heterocycles. The van der Waals surface area contributed by atoms with Gasteiger partial charge in [-0.15, -0.1) is 0 Å². The van der Waals surface area contributed by atoms with E-state index in [1.807, 2.05) is 19.2 Å². The number of hydrogen-bond donors (Lipinski definition) is 2. The smallest absolute Gasteiger partial charge is 0.180 e. The van der Waals surface area contributed by atoms with Crippen molar-refractivity contribution in [2.75, 3.05) is 12.4 Å². The van der Waals surface area contributed by atoms with Crippen molar-refractivity contribution in [3.8, 4) is 11.4 Å². The van der Waals surface area contributed by atoms with E-state index < -0.39 is 0 Å². The predicted octanol–water partition coefficient (Wildman–Crippen LogP) is 3.28. The van der Waals surface area contributed by atoms with E-state index in [2.05, 4.69) is 52.3 Å². The lowest BCUT2D eigenvalue weighted by Gasteiger charge is -2.01. The van der Waals surface area contributed by atoms with Crippen molar-refractivity contribution in [2.45, 2.75) is 13.8 Å². The third kappa shape index (κ3) is 2.05. The quantitative estimate of drug-likeness (QED) is 0.736. The molecule has 3 aromatic rings. The lowest BCUT2D eigenvalue weighted by Crippen LogP contribution is -1.91. The van der Waals surface area contributed by atoms with Gasteiger partial charge in [-0.3, -0.25) is 0 Å². The van der Waals surface area contributed by atoms with Crippen LogP contribution in [0.3, 0.4) is 0 Å². The molecule has 2 N–H and O–H groups in total. The van der Waals surface area contributed by atoms with Gasteiger partial charge in [-0.1, -0.05) is 12.1 Å². The number of nitrogens with zero attached hydrogens (tertiary/aromatic N) is 2. The molecule has 0 amide bonds. The third-order valence-corrected chi connectivity index (χ3v) is 3.38. The Morgan fingerprint density at radius 3 is 2.58 bits per heavy atom. The summed E-state index contributed by atoms with van der Waals surface area (Å²) in [6, 6.07) is 10.3.